The molecule has 74 valence electrons. The maximum atomic E-state index is 10.4. The van der Waals surface area contributed by atoms with Crippen LogP contribution in [0.3, 0.4) is 0 Å². The van der Waals surface area contributed by atoms with E-state index in [2.05, 4.69) is 20.9 Å². The van der Waals surface area contributed by atoms with Gasteiger partial charge in [0.2, 0.25) is 0 Å². The van der Waals surface area contributed by atoms with E-state index in [1.165, 1.54) is 12.3 Å². The minimum atomic E-state index is -1.01. The zero-order valence-corrected chi connectivity index (χ0v) is 8.39. The third kappa shape index (κ3) is 2.49. The third-order valence-corrected chi connectivity index (χ3v) is 1.99. The van der Waals surface area contributed by atoms with E-state index in [0.717, 1.165) is 0 Å². The molecule has 0 aromatic carbocycles. The SMILES string of the molecule is O=C(O)Cc1cnc([N+](=O)[O-])c(Br)c1. The molecule has 1 rings (SSSR count). The average molecular weight is 261 g/mol. The summed E-state index contributed by atoms with van der Waals surface area (Å²) < 4.78 is 0.182. The van der Waals surface area contributed by atoms with Gasteiger partial charge in [-0.2, -0.15) is 0 Å². The summed E-state index contributed by atoms with van der Waals surface area (Å²) in [5.74, 6) is -1.33. The molecule has 0 atom stereocenters. The van der Waals surface area contributed by atoms with Gasteiger partial charge in [0.25, 0.3) is 0 Å². The Labute approximate surface area is 86.9 Å². The number of hydrogen-bond acceptors (Lipinski definition) is 4. The monoisotopic (exact) mass is 260 g/mol. The fourth-order valence-corrected chi connectivity index (χ4v) is 1.42. The minimum Gasteiger partial charge on any atom is -0.481 e. The second-order valence-electron chi connectivity index (χ2n) is 2.48. The Morgan fingerprint density at radius 1 is 1.71 bits per heavy atom. The van der Waals surface area contributed by atoms with Crippen molar-refractivity contribution in [3.63, 3.8) is 0 Å². The Morgan fingerprint density at radius 3 is 2.79 bits per heavy atom. The van der Waals surface area contributed by atoms with Crippen molar-refractivity contribution in [2.75, 3.05) is 0 Å². The van der Waals surface area contributed by atoms with Crippen molar-refractivity contribution in [1.82, 2.24) is 4.98 Å². The molecule has 0 amide bonds. The van der Waals surface area contributed by atoms with Crippen LogP contribution in [0.4, 0.5) is 5.82 Å². The zero-order chi connectivity index (χ0) is 10.7. The van der Waals surface area contributed by atoms with Gasteiger partial charge in [-0.05, 0) is 31.9 Å². The quantitative estimate of drug-likeness (QED) is 0.655. The molecule has 1 aromatic rings. The average Bonchev–Trinajstić information content (AvgIpc) is 2.01. The van der Waals surface area contributed by atoms with Crippen LogP contribution in [0.15, 0.2) is 16.7 Å². The summed E-state index contributed by atoms with van der Waals surface area (Å²) in [5.41, 5.74) is 0.412. The van der Waals surface area contributed by atoms with Crippen LogP contribution in [0, 0.1) is 10.1 Å². The van der Waals surface area contributed by atoms with Crippen molar-refractivity contribution in [3.8, 4) is 0 Å². The Kier molecular flexibility index (Phi) is 3.13. The van der Waals surface area contributed by atoms with Crippen molar-refractivity contribution in [3.05, 3.63) is 32.4 Å². The van der Waals surface area contributed by atoms with Crippen molar-refractivity contribution < 1.29 is 14.8 Å². The smallest absolute Gasteiger partial charge is 0.377 e. The summed E-state index contributed by atoms with van der Waals surface area (Å²) in [7, 11) is 0. The highest BCUT2D eigenvalue weighted by Gasteiger charge is 2.14. The maximum Gasteiger partial charge on any atom is 0.377 e. The fraction of sp³-hybridized carbons (Fsp3) is 0.143. The van der Waals surface area contributed by atoms with Crippen molar-refractivity contribution in [1.29, 1.82) is 0 Å². The van der Waals surface area contributed by atoms with E-state index < -0.39 is 10.9 Å². The molecular formula is C7H5BrN2O4. The maximum absolute atomic E-state index is 10.4. The molecule has 1 heterocycles. The first-order valence-electron chi connectivity index (χ1n) is 3.51. The third-order valence-electron chi connectivity index (χ3n) is 1.41. The number of carboxylic acid groups (broad SMARTS) is 1. The predicted octanol–water partition coefficient (Wildman–Crippen LogP) is 1.38. The molecule has 14 heavy (non-hydrogen) atoms. The van der Waals surface area contributed by atoms with E-state index in [1.807, 2.05) is 0 Å². The van der Waals surface area contributed by atoms with Gasteiger partial charge >= 0.3 is 11.8 Å². The molecule has 0 unspecified atom stereocenters. The lowest BCUT2D eigenvalue weighted by molar-refractivity contribution is -0.390. The second kappa shape index (κ2) is 4.14. The molecule has 0 radical (unpaired) electrons. The van der Waals surface area contributed by atoms with Gasteiger partial charge in [-0.3, -0.25) is 4.79 Å². The standard InChI is InChI=1S/C7H5BrN2O4/c8-5-1-4(2-6(11)12)3-9-7(5)10(13)14/h1,3H,2H2,(H,11,12). The van der Waals surface area contributed by atoms with Gasteiger partial charge < -0.3 is 15.2 Å². The lowest BCUT2D eigenvalue weighted by Crippen LogP contribution is -2.02. The van der Waals surface area contributed by atoms with Crippen LogP contribution in [0.1, 0.15) is 5.56 Å². The Morgan fingerprint density at radius 2 is 2.36 bits per heavy atom. The van der Waals surface area contributed by atoms with Crippen LogP contribution < -0.4 is 0 Å². The topological polar surface area (TPSA) is 93.3 Å². The minimum absolute atomic E-state index is 0.182. The van der Waals surface area contributed by atoms with E-state index in [0.29, 0.717) is 5.56 Å². The highest BCUT2D eigenvalue weighted by atomic mass is 79.9. The lowest BCUT2D eigenvalue weighted by Gasteiger charge is -1.97. The van der Waals surface area contributed by atoms with Gasteiger partial charge in [0, 0.05) is 5.56 Å². The van der Waals surface area contributed by atoms with Crippen molar-refractivity contribution in [2.45, 2.75) is 6.42 Å². The summed E-state index contributed by atoms with van der Waals surface area (Å²) in [6.07, 6.45) is 0.973. The summed E-state index contributed by atoms with van der Waals surface area (Å²) in [6.45, 7) is 0. The molecule has 1 N–H and O–H groups in total. The fourth-order valence-electron chi connectivity index (χ4n) is 0.876. The first-order valence-corrected chi connectivity index (χ1v) is 4.30. The van der Waals surface area contributed by atoms with Gasteiger partial charge in [-0.1, -0.05) is 0 Å². The Bertz CT molecular complexity index is 393. The van der Waals surface area contributed by atoms with Crippen LogP contribution in [0.25, 0.3) is 0 Å². The number of aliphatic carboxylic acids is 1. The number of halogens is 1. The number of carboxylic acids is 1. The molecule has 6 nitrogen and oxygen atoms in total. The number of hydrogen-bond donors (Lipinski definition) is 1. The van der Waals surface area contributed by atoms with E-state index in [9.17, 15) is 14.9 Å². The number of carbonyl (C=O) groups is 1. The first kappa shape index (κ1) is 10.6. The molecule has 0 bridgehead atoms. The highest BCUT2D eigenvalue weighted by Crippen LogP contribution is 2.22. The molecule has 0 aliphatic heterocycles. The van der Waals surface area contributed by atoms with Crippen molar-refractivity contribution >= 4 is 27.7 Å². The second-order valence-corrected chi connectivity index (χ2v) is 3.33. The van der Waals surface area contributed by atoms with Gasteiger partial charge in [-0.25, -0.2) is 0 Å². The molecule has 0 spiro atoms. The largest absolute Gasteiger partial charge is 0.481 e. The van der Waals surface area contributed by atoms with E-state index >= 15 is 0 Å². The first-order chi connectivity index (χ1) is 6.50. The molecule has 0 fully saturated rings. The van der Waals surface area contributed by atoms with Crippen LogP contribution in [-0.4, -0.2) is 21.0 Å². The van der Waals surface area contributed by atoms with Gasteiger partial charge in [0.1, 0.15) is 10.7 Å². The molecule has 0 aliphatic carbocycles. The van der Waals surface area contributed by atoms with Crippen LogP contribution in [0.5, 0.6) is 0 Å². The number of pyridine rings is 1. The molecule has 7 heteroatoms. The highest BCUT2D eigenvalue weighted by molar-refractivity contribution is 9.10. The number of nitro groups is 1. The van der Waals surface area contributed by atoms with Crippen molar-refractivity contribution in [2.24, 2.45) is 0 Å². The molecule has 0 aliphatic rings. The van der Waals surface area contributed by atoms with Crippen LogP contribution in [0.2, 0.25) is 0 Å². The summed E-state index contributed by atoms with van der Waals surface area (Å²) in [4.78, 5) is 23.6. The van der Waals surface area contributed by atoms with Crippen LogP contribution in [-0.2, 0) is 11.2 Å². The number of nitrogens with zero attached hydrogens (tertiary/aromatic N) is 2. The summed E-state index contributed by atoms with van der Waals surface area (Å²) >= 11 is 2.94. The normalized spacial score (nSPS) is 9.79. The van der Waals surface area contributed by atoms with E-state index in [-0.39, 0.29) is 16.7 Å². The number of aromatic nitrogens is 1. The van der Waals surface area contributed by atoms with E-state index in [1.54, 1.807) is 0 Å². The van der Waals surface area contributed by atoms with E-state index in [4.69, 9.17) is 5.11 Å². The molecule has 0 saturated carbocycles. The zero-order valence-electron chi connectivity index (χ0n) is 6.81. The predicted molar refractivity (Wildman–Crippen MR) is 49.9 cm³/mol. The molecule has 0 saturated heterocycles. The molecular weight excluding hydrogens is 256 g/mol. The lowest BCUT2D eigenvalue weighted by atomic mass is 10.2. The summed E-state index contributed by atoms with van der Waals surface area (Å²) in [6, 6.07) is 1.37. The van der Waals surface area contributed by atoms with Crippen LogP contribution >= 0.6 is 15.9 Å². The molecule has 1 aromatic heterocycles. The van der Waals surface area contributed by atoms with Gasteiger partial charge in [0.05, 0.1) is 6.42 Å². The van der Waals surface area contributed by atoms with Gasteiger partial charge in [0.15, 0.2) is 0 Å². The number of rotatable bonds is 3. The Hall–Kier alpha value is -1.50. The summed E-state index contributed by atoms with van der Waals surface area (Å²) in [5, 5.41) is 18.8. The van der Waals surface area contributed by atoms with Gasteiger partial charge in [-0.15, -0.1) is 0 Å². The Balaban J connectivity index is 3.00.